The summed E-state index contributed by atoms with van der Waals surface area (Å²) in [5.41, 5.74) is 6.40. The summed E-state index contributed by atoms with van der Waals surface area (Å²) in [5, 5.41) is 7.98. The number of benzene rings is 1. The molecule has 1 unspecified atom stereocenters. The summed E-state index contributed by atoms with van der Waals surface area (Å²) in [6, 6.07) is 6.85. The van der Waals surface area contributed by atoms with Gasteiger partial charge in [0.05, 0.1) is 11.7 Å². The molecule has 0 amide bonds. The van der Waals surface area contributed by atoms with Crippen molar-refractivity contribution in [3.8, 4) is 0 Å². The third kappa shape index (κ3) is 2.71. The van der Waals surface area contributed by atoms with Crippen LogP contribution in [0.1, 0.15) is 40.9 Å². The number of aromatic nitrogens is 2. The van der Waals surface area contributed by atoms with Crippen molar-refractivity contribution in [2.45, 2.75) is 33.2 Å². The molecule has 0 aliphatic carbocycles. The molecule has 0 saturated carbocycles. The van der Waals surface area contributed by atoms with Gasteiger partial charge in [0.2, 0.25) is 0 Å². The van der Waals surface area contributed by atoms with E-state index < -0.39 is 0 Å². The van der Waals surface area contributed by atoms with Crippen LogP contribution in [-0.2, 0) is 13.5 Å². The van der Waals surface area contributed by atoms with Gasteiger partial charge in [-0.25, -0.2) is 0 Å². The molecule has 0 fully saturated rings. The molecule has 3 nitrogen and oxygen atoms in total. The second-order valence-electron chi connectivity index (χ2n) is 5.14. The summed E-state index contributed by atoms with van der Waals surface area (Å²) in [4.78, 5) is 0. The van der Waals surface area contributed by atoms with E-state index in [1.165, 1.54) is 27.9 Å². The lowest BCUT2D eigenvalue weighted by atomic mass is 9.94. The standard InChI is InChI=1S/C16H23N3/c1-6-15-14(10-19(5)18-15)16(17-4)13-8-7-11(2)9-12(13)3/h7-10,16-17H,6H2,1-5H3. The molecule has 1 atom stereocenters. The van der Waals surface area contributed by atoms with Crippen LogP contribution >= 0.6 is 0 Å². The predicted octanol–water partition coefficient (Wildman–Crippen LogP) is 2.91. The van der Waals surface area contributed by atoms with Gasteiger partial charge in [-0.05, 0) is 38.4 Å². The van der Waals surface area contributed by atoms with E-state index in [0.717, 1.165) is 6.42 Å². The van der Waals surface area contributed by atoms with E-state index in [0.29, 0.717) is 0 Å². The maximum Gasteiger partial charge on any atom is 0.0673 e. The lowest BCUT2D eigenvalue weighted by Gasteiger charge is -2.19. The summed E-state index contributed by atoms with van der Waals surface area (Å²) in [7, 11) is 3.99. The molecule has 0 spiro atoms. The van der Waals surface area contributed by atoms with E-state index in [4.69, 9.17) is 0 Å². The van der Waals surface area contributed by atoms with Crippen molar-refractivity contribution in [3.63, 3.8) is 0 Å². The van der Waals surface area contributed by atoms with E-state index >= 15 is 0 Å². The highest BCUT2D eigenvalue weighted by Crippen LogP contribution is 2.27. The highest BCUT2D eigenvalue weighted by molar-refractivity contribution is 5.39. The first-order chi connectivity index (χ1) is 9.06. The molecule has 0 bridgehead atoms. The monoisotopic (exact) mass is 257 g/mol. The Bertz CT molecular complexity index is 569. The third-order valence-electron chi connectivity index (χ3n) is 3.61. The number of nitrogens with one attached hydrogen (secondary N) is 1. The van der Waals surface area contributed by atoms with Crippen molar-refractivity contribution in [2.24, 2.45) is 7.05 Å². The molecular formula is C16H23N3. The molecule has 0 saturated heterocycles. The van der Waals surface area contributed by atoms with Gasteiger partial charge in [-0.15, -0.1) is 0 Å². The second kappa shape index (κ2) is 5.57. The van der Waals surface area contributed by atoms with Gasteiger partial charge >= 0.3 is 0 Å². The van der Waals surface area contributed by atoms with Gasteiger partial charge in [-0.3, -0.25) is 4.68 Å². The molecule has 0 aliphatic rings. The van der Waals surface area contributed by atoms with Crippen LogP contribution in [0.25, 0.3) is 0 Å². The zero-order valence-corrected chi connectivity index (χ0v) is 12.5. The molecule has 0 radical (unpaired) electrons. The first kappa shape index (κ1) is 13.8. The van der Waals surface area contributed by atoms with Gasteiger partial charge in [0.1, 0.15) is 0 Å². The van der Waals surface area contributed by atoms with E-state index in [-0.39, 0.29) is 6.04 Å². The van der Waals surface area contributed by atoms with E-state index in [9.17, 15) is 0 Å². The van der Waals surface area contributed by atoms with Crippen LogP contribution in [0.2, 0.25) is 0 Å². The summed E-state index contributed by atoms with van der Waals surface area (Å²) in [5.74, 6) is 0. The average molecular weight is 257 g/mol. The van der Waals surface area contributed by atoms with Crippen molar-refractivity contribution in [1.29, 1.82) is 0 Å². The molecule has 1 aromatic heterocycles. The largest absolute Gasteiger partial charge is 0.309 e. The zero-order valence-electron chi connectivity index (χ0n) is 12.5. The van der Waals surface area contributed by atoms with Gasteiger partial charge in [0.15, 0.2) is 0 Å². The van der Waals surface area contributed by atoms with Crippen LogP contribution < -0.4 is 5.32 Å². The van der Waals surface area contributed by atoms with Crippen LogP contribution in [0.5, 0.6) is 0 Å². The fourth-order valence-electron chi connectivity index (χ4n) is 2.70. The van der Waals surface area contributed by atoms with Crippen molar-refractivity contribution < 1.29 is 0 Å². The number of rotatable bonds is 4. The molecule has 2 aromatic rings. The van der Waals surface area contributed by atoms with Gasteiger partial charge in [-0.2, -0.15) is 5.10 Å². The van der Waals surface area contributed by atoms with Crippen molar-refractivity contribution in [1.82, 2.24) is 15.1 Å². The fraction of sp³-hybridized carbons (Fsp3) is 0.438. The molecule has 0 aliphatic heterocycles. The van der Waals surface area contributed by atoms with Crippen LogP contribution in [0.4, 0.5) is 0 Å². The Morgan fingerprint density at radius 3 is 2.58 bits per heavy atom. The summed E-state index contributed by atoms with van der Waals surface area (Å²) < 4.78 is 1.90. The molecule has 2 rings (SSSR count). The SMILES string of the molecule is CCc1nn(C)cc1C(NC)c1ccc(C)cc1C. The van der Waals surface area contributed by atoms with Crippen LogP contribution in [0.3, 0.4) is 0 Å². The van der Waals surface area contributed by atoms with Gasteiger partial charge in [0, 0.05) is 18.8 Å². The summed E-state index contributed by atoms with van der Waals surface area (Å²) >= 11 is 0. The van der Waals surface area contributed by atoms with Crippen molar-refractivity contribution in [2.75, 3.05) is 7.05 Å². The smallest absolute Gasteiger partial charge is 0.0673 e. The molecular weight excluding hydrogens is 234 g/mol. The van der Waals surface area contributed by atoms with E-state index in [2.05, 4.69) is 55.6 Å². The molecule has 1 heterocycles. The van der Waals surface area contributed by atoms with E-state index in [1.807, 2.05) is 18.8 Å². The van der Waals surface area contributed by atoms with Crippen molar-refractivity contribution in [3.05, 3.63) is 52.3 Å². The van der Waals surface area contributed by atoms with Gasteiger partial charge < -0.3 is 5.32 Å². The van der Waals surface area contributed by atoms with Crippen molar-refractivity contribution >= 4 is 0 Å². The summed E-state index contributed by atoms with van der Waals surface area (Å²) in [6.45, 7) is 6.46. The fourth-order valence-corrected chi connectivity index (χ4v) is 2.70. The normalized spacial score (nSPS) is 12.7. The lowest BCUT2D eigenvalue weighted by Crippen LogP contribution is -2.19. The highest BCUT2D eigenvalue weighted by atomic mass is 15.3. The number of hydrogen-bond acceptors (Lipinski definition) is 2. The zero-order chi connectivity index (χ0) is 14.0. The van der Waals surface area contributed by atoms with Crippen LogP contribution in [-0.4, -0.2) is 16.8 Å². The second-order valence-corrected chi connectivity index (χ2v) is 5.14. The summed E-state index contributed by atoms with van der Waals surface area (Å²) in [6.07, 6.45) is 3.08. The lowest BCUT2D eigenvalue weighted by molar-refractivity contribution is 0.679. The highest BCUT2D eigenvalue weighted by Gasteiger charge is 2.19. The Morgan fingerprint density at radius 2 is 2.00 bits per heavy atom. The predicted molar refractivity (Wildman–Crippen MR) is 79.4 cm³/mol. The topological polar surface area (TPSA) is 29.9 Å². The Hall–Kier alpha value is -1.61. The molecule has 19 heavy (non-hydrogen) atoms. The first-order valence-electron chi connectivity index (χ1n) is 6.83. The quantitative estimate of drug-likeness (QED) is 0.912. The maximum absolute atomic E-state index is 4.55. The van der Waals surface area contributed by atoms with Crippen LogP contribution in [0.15, 0.2) is 24.4 Å². The van der Waals surface area contributed by atoms with Crippen LogP contribution in [0, 0.1) is 13.8 Å². The third-order valence-corrected chi connectivity index (χ3v) is 3.61. The number of aryl methyl sites for hydroxylation is 4. The Kier molecular flexibility index (Phi) is 4.05. The Morgan fingerprint density at radius 1 is 1.26 bits per heavy atom. The average Bonchev–Trinajstić information content (AvgIpc) is 2.74. The minimum atomic E-state index is 0.212. The van der Waals surface area contributed by atoms with Gasteiger partial charge in [-0.1, -0.05) is 30.7 Å². The van der Waals surface area contributed by atoms with E-state index in [1.54, 1.807) is 0 Å². The molecule has 102 valence electrons. The van der Waals surface area contributed by atoms with Gasteiger partial charge in [0.25, 0.3) is 0 Å². The number of hydrogen-bond donors (Lipinski definition) is 1. The number of nitrogens with zero attached hydrogens (tertiary/aromatic N) is 2. The molecule has 3 heteroatoms. The molecule has 1 aromatic carbocycles. The minimum absolute atomic E-state index is 0.212. The maximum atomic E-state index is 4.55. The minimum Gasteiger partial charge on any atom is -0.309 e. The first-order valence-corrected chi connectivity index (χ1v) is 6.83. The Balaban J connectivity index is 2.49. The Labute approximate surface area is 115 Å². The molecule has 1 N–H and O–H groups in total.